The van der Waals surface area contributed by atoms with Gasteiger partial charge in [-0.3, -0.25) is 9.59 Å². The number of hydrogen-bond donors (Lipinski definition) is 4. The van der Waals surface area contributed by atoms with E-state index in [0.29, 0.717) is 17.0 Å². The van der Waals surface area contributed by atoms with Crippen molar-refractivity contribution in [1.29, 1.82) is 0 Å². The quantitative estimate of drug-likeness (QED) is 0.367. The lowest BCUT2D eigenvalue weighted by atomic mass is 10.1. The van der Waals surface area contributed by atoms with Gasteiger partial charge in [0, 0.05) is 34.6 Å². The van der Waals surface area contributed by atoms with E-state index >= 15 is 0 Å². The largest absolute Gasteiger partial charge is 0.366 e. The second-order valence-electron chi connectivity index (χ2n) is 6.77. The van der Waals surface area contributed by atoms with E-state index in [9.17, 15) is 9.59 Å². The van der Waals surface area contributed by atoms with Crippen molar-refractivity contribution in [3.8, 4) is 11.4 Å². The molecule has 4 rings (SSSR count). The van der Waals surface area contributed by atoms with Gasteiger partial charge in [-0.15, -0.1) is 10.2 Å². The lowest BCUT2D eigenvalue weighted by molar-refractivity contribution is 0.0950. The Balaban J connectivity index is 1.40. The van der Waals surface area contributed by atoms with Crippen molar-refractivity contribution in [2.24, 2.45) is 5.73 Å². The summed E-state index contributed by atoms with van der Waals surface area (Å²) in [7, 11) is 0. The predicted octanol–water partition coefficient (Wildman–Crippen LogP) is 2.64. The number of nitrogens with zero attached hydrogens (tertiary/aromatic N) is 3. The number of tetrazole rings is 1. The normalized spacial score (nSPS) is 10.5. The van der Waals surface area contributed by atoms with Crippen LogP contribution in [0.2, 0.25) is 0 Å². The fraction of sp³-hybridized carbons (Fsp3) is 0.0455. The van der Waals surface area contributed by atoms with E-state index < -0.39 is 5.91 Å². The Morgan fingerprint density at radius 3 is 2.42 bits per heavy atom. The van der Waals surface area contributed by atoms with Gasteiger partial charge < -0.3 is 16.4 Å². The molecule has 3 aromatic carbocycles. The molecule has 0 saturated carbocycles. The standard InChI is InChI=1S/C22H19N7O2/c23-20(30)16-4-1-3-14(11-16)13-24-22(31)17-5-2-6-19(12-17)25-18-9-7-15(8-10-18)21-26-28-29-27-21/h1-12,25H,13H2,(H2,23,30)(H,24,31)(H,26,27,28,29). The number of primary amides is 1. The minimum Gasteiger partial charge on any atom is -0.366 e. The Labute approximate surface area is 177 Å². The Hall–Kier alpha value is -4.53. The Kier molecular flexibility index (Phi) is 5.66. The molecule has 0 atom stereocenters. The third kappa shape index (κ3) is 4.91. The van der Waals surface area contributed by atoms with E-state index in [1.165, 1.54) is 0 Å². The fourth-order valence-corrected chi connectivity index (χ4v) is 3.01. The number of amides is 2. The summed E-state index contributed by atoms with van der Waals surface area (Å²) in [5.74, 6) is -0.204. The van der Waals surface area contributed by atoms with E-state index in [-0.39, 0.29) is 12.5 Å². The highest BCUT2D eigenvalue weighted by molar-refractivity contribution is 5.95. The average Bonchev–Trinajstić information content (AvgIpc) is 3.33. The average molecular weight is 413 g/mol. The first-order chi connectivity index (χ1) is 15.1. The summed E-state index contributed by atoms with van der Waals surface area (Å²) in [6.45, 7) is 0.287. The summed E-state index contributed by atoms with van der Waals surface area (Å²) in [5.41, 5.74) is 9.48. The third-order valence-electron chi connectivity index (χ3n) is 4.57. The number of benzene rings is 3. The molecule has 4 aromatic rings. The molecule has 0 saturated heterocycles. The topological polar surface area (TPSA) is 139 Å². The number of rotatable bonds is 7. The first-order valence-corrected chi connectivity index (χ1v) is 9.46. The van der Waals surface area contributed by atoms with E-state index in [0.717, 1.165) is 22.5 Å². The molecular formula is C22H19N7O2. The molecule has 0 bridgehead atoms. The minimum absolute atomic E-state index is 0.222. The van der Waals surface area contributed by atoms with Gasteiger partial charge >= 0.3 is 0 Å². The number of hydrogen-bond acceptors (Lipinski definition) is 6. The van der Waals surface area contributed by atoms with Gasteiger partial charge in [0.2, 0.25) is 11.7 Å². The monoisotopic (exact) mass is 413 g/mol. The lowest BCUT2D eigenvalue weighted by Crippen LogP contribution is -2.23. The van der Waals surface area contributed by atoms with Crippen LogP contribution in [0.15, 0.2) is 72.8 Å². The molecule has 0 aliphatic carbocycles. The number of nitrogens with two attached hydrogens (primary N) is 1. The van der Waals surface area contributed by atoms with Crippen molar-refractivity contribution in [3.05, 3.63) is 89.5 Å². The molecule has 0 unspecified atom stereocenters. The molecule has 0 aliphatic heterocycles. The van der Waals surface area contributed by atoms with Crippen molar-refractivity contribution in [2.75, 3.05) is 5.32 Å². The maximum absolute atomic E-state index is 12.6. The minimum atomic E-state index is -0.503. The van der Waals surface area contributed by atoms with E-state index in [1.807, 2.05) is 36.4 Å². The Morgan fingerprint density at radius 2 is 1.68 bits per heavy atom. The van der Waals surface area contributed by atoms with E-state index in [4.69, 9.17) is 5.73 Å². The summed E-state index contributed by atoms with van der Waals surface area (Å²) < 4.78 is 0. The number of H-pyrrole nitrogens is 1. The zero-order valence-corrected chi connectivity index (χ0v) is 16.4. The molecule has 9 nitrogen and oxygen atoms in total. The molecule has 31 heavy (non-hydrogen) atoms. The molecule has 1 aromatic heterocycles. The number of aromatic amines is 1. The van der Waals surface area contributed by atoms with Crippen LogP contribution in [0.25, 0.3) is 11.4 Å². The molecule has 2 amide bonds. The van der Waals surface area contributed by atoms with Gasteiger partial charge in [0.1, 0.15) is 0 Å². The highest BCUT2D eigenvalue weighted by Gasteiger charge is 2.08. The summed E-state index contributed by atoms with van der Waals surface area (Å²) in [4.78, 5) is 23.9. The number of aromatic nitrogens is 4. The maximum atomic E-state index is 12.6. The summed E-state index contributed by atoms with van der Waals surface area (Å²) >= 11 is 0. The highest BCUT2D eigenvalue weighted by Crippen LogP contribution is 2.21. The molecule has 0 fully saturated rings. The van der Waals surface area contributed by atoms with Crippen LogP contribution in [0, 0.1) is 0 Å². The zero-order valence-electron chi connectivity index (χ0n) is 16.4. The van der Waals surface area contributed by atoms with E-state index in [1.54, 1.807) is 36.4 Å². The molecular weight excluding hydrogens is 394 g/mol. The molecule has 0 spiro atoms. The SMILES string of the molecule is NC(=O)c1cccc(CNC(=O)c2cccc(Nc3ccc(-c4nn[nH]n4)cc3)c2)c1. The van der Waals surface area contributed by atoms with Gasteiger partial charge in [-0.2, -0.15) is 5.21 Å². The van der Waals surface area contributed by atoms with Gasteiger partial charge in [-0.05, 0) is 65.4 Å². The van der Waals surface area contributed by atoms with Crippen LogP contribution in [0.3, 0.4) is 0 Å². The number of nitrogens with one attached hydrogen (secondary N) is 3. The van der Waals surface area contributed by atoms with Crippen LogP contribution in [0.5, 0.6) is 0 Å². The van der Waals surface area contributed by atoms with Gasteiger partial charge in [-0.25, -0.2) is 0 Å². The Bertz CT molecular complexity index is 1200. The maximum Gasteiger partial charge on any atom is 0.251 e. The lowest BCUT2D eigenvalue weighted by Gasteiger charge is -2.10. The van der Waals surface area contributed by atoms with Crippen molar-refractivity contribution >= 4 is 23.2 Å². The van der Waals surface area contributed by atoms with Crippen molar-refractivity contribution in [3.63, 3.8) is 0 Å². The number of carbonyl (C=O) groups excluding carboxylic acids is 2. The first kappa shape index (κ1) is 19.8. The van der Waals surface area contributed by atoms with Crippen molar-refractivity contribution < 1.29 is 9.59 Å². The molecule has 5 N–H and O–H groups in total. The molecule has 0 radical (unpaired) electrons. The second kappa shape index (κ2) is 8.87. The highest BCUT2D eigenvalue weighted by atomic mass is 16.2. The van der Waals surface area contributed by atoms with Gasteiger partial charge in [-0.1, -0.05) is 18.2 Å². The smallest absolute Gasteiger partial charge is 0.251 e. The first-order valence-electron chi connectivity index (χ1n) is 9.46. The summed E-state index contributed by atoms with van der Waals surface area (Å²) in [5, 5.41) is 20.0. The van der Waals surface area contributed by atoms with E-state index in [2.05, 4.69) is 31.3 Å². The van der Waals surface area contributed by atoms with Gasteiger partial charge in [0.25, 0.3) is 5.91 Å². The number of anilines is 2. The van der Waals surface area contributed by atoms with Crippen LogP contribution >= 0.6 is 0 Å². The zero-order chi connectivity index (χ0) is 21.6. The van der Waals surface area contributed by atoms with Crippen LogP contribution in [0.4, 0.5) is 11.4 Å². The molecule has 0 aliphatic rings. The fourth-order valence-electron chi connectivity index (χ4n) is 3.01. The van der Waals surface area contributed by atoms with Gasteiger partial charge in [0.05, 0.1) is 0 Å². The van der Waals surface area contributed by atoms with Crippen molar-refractivity contribution in [1.82, 2.24) is 25.9 Å². The predicted molar refractivity (Wildman–Crippen MR) is 115 cm³/mol. The number of carbonyl (C=O) groups is 2. The molecule has 1 heterocycles. The molecule has 9 heteroatoms. The summed E-state index contributed by atoms with van der Waals surface area (Å²) in [6.07, 6.45) is 0. The van der Waals surface area contributed by atoms with Gasteiger partial charge in [0.15, 0.2) is 0 Å². The second-order valence-corrected chi connectivity index (χ2v) is 6.77. The van der Waals surface area contributed by atoms with Crippen LogP contribution < -0.4 is 16.4 Å². The van der Waals surface area contributed by atoms with Crippen LogP contribution in [0.1, 0.15) is 26.3 Å². The summed E-state index contributed by atoms with van der Waals surface area (Å²) in [6, 6.07) is 21.6. The van der Waals surface area contributed by atoms with Crippen LogP contribution in [-0.4, -0.2) is 32.4 Å². The van der Waals surface area contributed by atoms with Crippen molar-refractivity contribution in [2.45, 2.75) is 6.54 Å². The Morgan fingerprint density at radius 1 is 0.903 bits per heavy atom. The third-order valence-corrected chi connectivity index (χ3v) is 4.57. The van der Waals surface area contributed by atoms with Crippen LogP contribution in [-0.2, 0) is 6.54 Å². The molecule has 154 valence electrons.